The van der Waals surface area contributed by atoms with Gasteiger partial charge in [-0.1, -0.05) is 6.07 Å². The molecule has 0 aromatic heterocycles. The van der Waals surface area contributed by atoms with E-state index >= 15 is 0 Å². The van der Waals surface area contributed by atoms with E-state index in [4.69, 9.17) is 14.2 Å². The molecule has 8 nitrogen and oxygen atoms in total. The van der Waals surface area contributed by atoms with Crippen LogP contribution in [0.5, 0.6) is 0 Å². The SMILES string of the molecule is COC(=O)C1=C(C(=O)OC)N(c2ccc3c(c2)C(C)(C)C(=O)NC3)COC1. The first-order valence-corrected chi connectivity index (χ1v) is 8.48. The molecule has 0 atom stereocenters. The topological polar surface area (TPSA) is 94.2 Å². The first-order chi connectivity index (χ1) is 12.8. The second-order valence-electron chi connectivity index (χ2n) is 6.87. The summed E-state index contributed by atoms with van der Waals surface area (Å²) in [6.07, 6.45) is 0. The third kappa shape index (κ3) is 3.16. The number of carbonyl (C=O) groups is 3. The molecule has 2 aliphatic heterocycles. The molecule has 1 aromatic rings. The monoisotopic (exact) mass is 374 g/mol. The van der Waals surface area contributed by atoms with Crippen molar-refractivity contribution in [3.63, 3.8) is 0 Å². The van der Waals surface area contributed by atoms with E-state index in [0.717, 1.165) is 11.1 Å². The number of hydrogen-bond donors (Lipinski definition) is 1. The van der Waals surface area contributed by atoms with E-state index in [0.29, 0.717) is 12.2 Å². The predicted molar refractivity (Wildman–Crippen MR) is 95.7 cm³/mol. The lowest BCUT2D eigenvalue weighted by molar-refractivity contribution is -0.140. The highest BCUT2D eigenvalue weighted by molar-refractivity contribution is 6.03. The van der Waals surface area contributed by atoms with Gasteiger partial charge in [-0.15, -0.1) is 0 Å². The lowest BCUT2D eigenvalue weighted by Gasteiger charge is -2.35. The highest BCUT2D eigenvalue weighted by Gasteiger charge is 2.37. The van der Waals surface area contributed by atoms with Crippen molar-refractivity contribution in [1.29, 1.82) is 0 Å². The molecular formula is C19H22N2O6. The summed E-state index contributed by atoms with van der Waals surface area (Å²) in [5, 5.41) is 2.87. The number of hydrogen-bond acceptors (Lipinski definition) is 7. The zero-order valence-electron chi connectivity index (χ0n) is 15.8. The molecule has 0 radical (unpaired) electrons. The Morgan fingerprint density at radius 1 is 1.19 bits per heavy atom. The molecule has 144 valence electrons. The highest BCUT2D eigenvalue weighted by Crippen LogP contribution is 2.35. The number of nitrogens with one attached hydrogen (secondary N) is 1. The minimum atomic E-state index is -0.722. The molecule has 1 N–H and O–H groups in total. The normalized spacial score (nSPS) is 18.5. The average Bonchev–Trinajstić information content (AvgIpc) is 2.69. The number of methoxy groups -OCH3 is 2. The lowest BCUT2D eigenvalue weighted by Crippen LogP contribution is -2.45. The molecule has 8 heteroatoms. The Labute approximate surface area is 157 Å². The molecule has 0 fully saturated rings. The number of nitrogens with zero attached hydrogens (tertiary/aromatic N) is 1. The Morgan fingerprint density at radius 3 is 2.56 bits per heavy atom. The van der Waals surface area contributed by atoms with E-state index in [9.17, 15) is 14.4 Å². The zero-order valence-corrected chi connectivity index (χ0v) is 15.8. The number of rotatable bonds is 3. The van der Waals surface area contributed by atoms with Crippen LogP contribution in [0.2, 0.25) is 0 Å². The summed E-state index contributed by atoms with van der Waals surface area (Å²) >= 11 is 0. The number of fused-ring (bicyclic) bond motifs is 1. The van der Waals surface area contributed by atoms with E-state index in [-0.39, 0.29) is 30.5 Å². The van der Waals surface area contributed by atoms with Gasteiger partial charge in [0.2, 0.25) is 5.91 Å². The summed E-state index contributed by atoms with van der Waals surface area (Å²) in [5.74, 6) is -1.38. The molecule has 3 rings (SSSR count). The summed E-state index contributed by atoms with van der Waals surface area (Å²) in [7, 11) is 2.49. The van der Waals surface area contributed by atoms with Crippen molar-refractivity contribution in [2.24, 2.45) is 0 Å². The third-order valence-corrected chi connectivity index (χ3v) is 4.92. The molecule has 0 saturated heterocycles. The Balaban J connectivity index is 2.12. The standard InChI is InChI=1S/C19H22N2O6/c1-19(2)14-7-12(6-5-11(14)8-20-18(19)24)21-10-27-9-13(16(22)25-3)15(21)17(23)26-4/h5-7H,8-10H2,1-4H3,(H,20,24). The van der Waals surface area contributed by atoms with Gasteiger partial charge in [0.1, 0.15) is 12.4 Å². The van der Waals surface area contributed by atoms with E-state index < -0.39 is 17.4 Å². The van der Waals surface area contributed by atoms with Crippen LogP contribution >= 0.6 is 0 Å². The maximum Gasteiger partial charge on any atom is 0.355 e. The van der Waals surface area contributed by atoms with Gasteiger partial charge in [0.25, 0.3) is 0 Å². The van der Waals surface area contributed by atoms with E-state index in [1.807, 2.05) is 32.0 Å². The van der Waals surface area contributed by atoms with Gasteiger partial charge in [0.15, 0.2) is 0 Å². The Morgan fingerprint density at radius 2 is 1.89 bits per heavy atom. The second kappa shape index (κ2) is 7.03. The highest BCUT2D eigenvalue weighted by atomic mass is 16.5. The number of ether oxygens (including phenoxy) is 3. The van der Waals surface area contributed by atoms with Gasteiger partial charge in [-0.2, -0.15) is 0 Å². The summed E-state index contributed by atoms with van der Waals surface area (Å²) in [6, 6.07) is 5.56. The average molecular weight is 374 g/mol. The van der Waals surface area contributed by atoms with Gasteiger partial charge >= 0.3 is 11.9 Å². The zero-order chi connectivity index (χ0) is 19.8. The Kier molecular flexibility index (Phi) is 4.93. The van der Waals surface area contributed by atoms with E-state index in [1.54, 1.807) is 4.90 Å². The molecule has 0 bridgehead atoms. The van der Waals surface area contributed by atoms with Crippen LogP contribution in [0.25, 0.3) is 0 Å². The molecule has 1 aromatic carbocycles. The minimum absolute atomic E-state index is 0.0492. The van der Waals surface area contributed by atoms with Gasteiger partial charge < -0.3 is 24.4 Å². The van der Waals surface area contributed by atoms with Crippen molar-refractivity contribution in [3.05, 3.63) is 40.6 Å². The fraction of sp³-hybridized carbons (Fsp3) is 0.421. The van der Waals surface area contributed by atoms with Gasteiger partial charge in [-0.3, -0.25) is 4.79 Å². The molecule has 0 saturated carbocycles. The van der Waals surface area contributed by atoms with Crippen molar-refractivity contribution in [3.8, 4) is 0 Å². The largest absolute Gasteiger partial charge is 0.466 e. The number of benzene rings is 1. The van der Waals surface area contributed by atoms with Crippen LogP contribution in [-0.4, -0.2) is 45.4 Å². The van der Waals surface area contributed by atoms with Crippen LogP contribution < -0.4 is 10.2 Å². The molecule has 0 aliphatic carbocycles. The first kappa shape index (κ1) is 18.9. The van der Waals surface area contributed by atoms with Gasteiger partial charge in [0.05, 0.1) is 31.8 Å². The van der Waals surface area contributed by atoms with E-state index in [2.05, 4.69) is 5.32 Å². The summed E-state index contributed by atoms with van der Waals surface area (Å²) in [6.45, 7) is 4.14. The maximum absolute atomic E-state index is 12.4. The number of carbonyl (C=O) groups excluding carboxylic acids is 3. The number of anilines is 1. The quantitative estimate of drug-likeness (QED) is 0.789. The fourth-order valence-corrected chi connectivity index (χ4v) is 3.33. The van der Waals surface area contributed by atoms with Crippen LogP contribution in [0.4, 0.5) is 5.69 Å². The van der Waals surface area contributed by atoms with Crippen LogP contribution in [-0.2, 0) is 40.6 Å². The van der Waals surface area contributed by atoms with Crippen LogP contribution in [0.15, 0.2) is 29.5 Å². The number of esters is 2. The van der Waals surface area contributed by atoms with Crippen LogP contribution in [0.3, 0.4) is 0 Å². The maximum atomic E-state index is 12.4. The molecule has 1 amide bonds. The van der Waals surface area contributed by atoms with Gasteiger partial charge in [0, 0.05) is 12.2 Å². The van der Waals surface area contributed by atoms with Crippen molar-refractivity contribution >= 4 is 23.5 Å². The fourth-order valence-electron chi connectivity index (χ4n) is 3.33. The van der Waals surface area contributed by atoms with E-state index in [1.165, 1.54) is 14.2 Å². The lowest BCUT2D eigenvalue weighted by atomic mass is 9.78. The molecule has 27 heavy (non-hydrogen) atoms. The van der Waals surface area contributed by atoms with Gasteiger partial charge in [-0.25, -0.2) is 9.59 Å². The van der Waals surface area contributed by atoms with Crippen LogP contribution in [0.1, 0.15) is 25.0 Å². The van der Waals surface area contributed by atoms with Crippen molar-refractivity contribution in [2.75, 3.05) is 32.5 Å². The molecule has 0 unspecified atom stereocenters. The molecule has 0 spiro atoms. The van der Waals surface area contributed by atoms with Gasteiger partial charge in [-0.05, 0) is 37.1 Å². The van der Waals surface area contributed by atoms with Crippen LogP contribution in [0, 0.1) is 0 Å². The Bertz CT molecular complexity index is 843. The summed E-state index contributed by atoms with van der Waals surface area (Å²) in [5.41, 5.74) is 1.92. The van der Waals surface area contributed by atoms with Crippen molar-refractivity contribution < 1.29 is 28.6 Å². The summed E-state index contributed by atoms with van der Waals surface area (Å²) < 4.78 is 15.1. The second-order valence-corrected chi connectivity index (χ2v) is 6.87. The molecule has 2 heterocycles. The summed E-state index contributed by atoms with van der Waals surface area (Å²) in [4.78, 5) is 38.3. The smallest absolute Gasteiger partial charge is 0.355 e. The number of amides is 1. The third-order valence-electron chi connectivity index (χ3n) is 4.92. The minimum Gasteiger partial charge on any atom is -0.466 e. The molecular weight excluding hydrogens is 352 g/mol. The predicted octanol–water partition coefficient (Wildman–Crippen LogP) is 0.988. The van der Waals surface area contributed by atoms with Crippen molar-refractivity contribution in [1.82, 2.24) is 5.32 Å². The first-order valence-electron chi connectivity index (χ1n) is 8.48. The molecule has 2 aliphatic rings. The Hall–Kier alpha value is -2.87. The van der Waals surface area contributed by atoms with Crippen molar-refractivity contribution in [2.45, 2.75) is 25.8 Å².